The minimum atomic E-state index is -0.439. The lowest BCUT2D eigenvalue weighted by Gasteiger charge is -2.05. The fourth-order valence-electron chi connectivity index (χ4n) is 1.50. The number of rotatable bonds is 4. The van der Waals surface area contributed by atoms with Crippen LogP contribution in [0.3, 0.4) is 0 Å². The minimum Gasteiger partial charge on any atom is -0.424 e. The summed E-state index contributed by atoms with van der Waals surface area (Å²) in [6.45, 7) is 2.00. The van der Waals surface area contributed by atoms with E-state index in [0.717, 1.165) is 5.56 Å². The second-order valence-corrected chi connectivity index (χ2v) is 3.89. The Hall–Kier alpha value is -2.54. The molecule has 0 fully saturated rings. The molecule has 0 unspecified atom stereocenters. The van der Waals surface area contributed by atoms with E-state index in [1.807, 2.05) is 0 Å². The number of hydrogen-bond acceptors (Lipinski definition) is 6. The molecule has 0 atom stereocenters. The van der Waals surface area contributed by atoms with Crippen LogP contribution in [0.15, 0.2) is 30.6 Å². The van der Waals surface area contributed by atoms with Gasteiger partial charge in [0.15, 0.2) is 0 Å². The summed E-state index contributed by atoms with van der Waals surface area (Å²) in [7, 11) is 0. The number of nitro benzene ring substituents is 1. The van der Waals surface area contributed by atoms with Crippen LogP contribution in [-0.2, 0) is 6.54 Å². The van der Waals surface area contributed by atoms with Crippen molar-refractivity contribution in [3.8, 4) is 11.8 Å². The molecule has 19 heavy (non-hydrogen) atoms. The SMILES string of the molecule is Cc1cc(Oc2ncc(CN)cn2)ccc1[N+](=O)[O-]. The summed E-state index contributed by atoms with van der Waals surface area (Å²) in [4.78, 5) is 18.2. The van der Waals surface area contributed by atoms with Crippen LogP contribution in [0, 0.1) is 17.0 Å². The zero-order valence-electron chi connectivity index (χ0n) is 10.2. The molecule has 7 heteroatoms. The van der Waals surface area contributed by atoms with Gasteiger partial charge in [0, 0.05) is 36.1 Å². The Bertz CT molecular complexity index is 598. The maximum Gasteiger partial charge on any atom is 0.321 e. The predicted octanol–water partition coefficient (Wildman–Crippen LogP) is 1.94. The molecule has 0 spiro atoms. The number of nitrogens with zero attached hydrogens (tertiary/aromatic N) is 3. The Morgan fingerprint density at radius 2 is 2.05 bits per heavy atom. The van der Waals surface area contributed by atoms with Crippen LogP contribution in [0.4, 0.5) is 5.69 Å². The smallest absolute Gasteiger partial charge is 0.321 e. The fraction of sp³-hybridized carbons (Fsp3) is 0.167. The van der Waals surface area contributed by atoms with E-state index in [1.165, 1.54) is 12.1 Å². The molecule has 0 saturated heterocycles. The van der Waals surface area contributed by atoms with Gasteiger partial charge in [-0.15, -0.1) is 0 Å². The van der Waals surface area contributed by atoms with Crippen molar-refractivity contribution in [3.05, 3.63) is 51.8 Å². The zero-order chi connectivity index (χ0) is 13.8. The molecule has 0 aliphatic rings. The Labute approximate surface area is 109 Å². The quantitative estimate of drug-likeness (QED) is 0.665. The van der Waals surface area contributed by atoms with Gasteiger partial charge in [-0.2, -0.15) is 0 Å². The minimum absolute atomic E-state index is 0.0479. The molecule has 0 amide bonds. The van der Waals surface area contributed by atoms with Crippen LogP contribution in [0.25, 0.3) is 0 Å². The van der Waals surface area contributed by atoms with Gasteiger partial charge in [-0.25, -0.2) is 9.97 Å². The molecule has 98 valence electrons. The van der Waals surface area contributed by atoms with E-state index in [9.17, 15) is 10.1 Å². The van der Waals surface area contributed by atoms with Gasteiger partial charge in [0.1, 0.15) is 5.75 Å². The van der Waals surface area contributed by atoms with Gasteiger partial charge in [-0.05, 0) is 19.1 Å². The topological polar surface area (TPSA) is 104 Å². The molecule has 0 aliphatic heterocycles. The Morgan fingerprint density at radius 1 is 1.37 bits per heavy atom. The number of ether oxygens (including phenoxy) is 1. The molecular weight excluding hydrogens is 248 g/mol. The third kappa shape index (κ3) is 3.02. The summed E-state index contributed by atoms with van der Waals surface area (Å²) in [5.41, 5.74) is 6.79. The third-order valence-electron chi connectivity index (χ3n) is 2.49. The Morgan fingerprint density at radius 3 is 2.58 bits per heavy atom. The fourth-order valence-corrected chi connectivity index (χ4v) is 1.50. The average molecular weight is 260 g/mol. The van der Waals surface area contributed by atoms with Crippen molar-refractivity contribution in [2.24, 2.45) is 5.73 Å². The van der Waals surface area contributed by atoms with Crippen molar-refractivity contribution < 1.29 is 9.66 Å². The lowest BCUT2D eigenvalue weighted by molar-refractivity contribution is -0.385. The van der Waals surface area contributed by atoms with Crippen LogP contribution < -0.4 is 10.5 Å². The van der Waals surface area contributed by atoms with E-state index in [1.54, 1.807) is 25.4 Å². The second kappa shape index (κ2) is 5.40. The maximum absolute atomic E-state index is 10.7. The van der Waals surface area contributed by atoms with E-state index in [0.29, 0.717) is 17.9 Å². The number of nitro groups is 1. The first-order valence-electron chi connectivity index (χ1n) is 5.54. The van der Waals surface area contributed by atoms with Gasteiger partial charge in [-0.3, -0.25) is 10.1 Å². The van der Waals surface area contributed by atoms with Crippen molar-refractivity contribution >= 4 is 5.69 Å². The lowest BCUT2D eigenvalue weighted by atomic mass is 10.2. The van der Waals surface area contributed by atoms with Crippen LogP contribution in [-0.4, -0.2) is 14.9 Å². The summed E-state index contributed by atoms with van der Waals surface area (Å²) in [6, 6.07) is 4.63. The summed E-state index contributed by atoms with van der Waals surface area (Å²) in [6.07, 6.45) is 3.14. The van der Waals surface area contributed by atoms with Gasteiger partial charge < -0.3 is 10.5 Å². The molecular formula is C12H12N4O3. The van der Waals surface area contributed by atoms with Crippen molar-refractivity contribution in [2.45, 2.75) is 13.5 Å². The number of aryl methyl sites for hydroxylation is 1. The van der Waals surface area contributed by atoms with Crippen molar-refractivity contribution in [2.75, 3.05) is 0 Å². The summed E-state index contributed by atoms with van der Waals surface area (Å²) >= 11 is 0. The molecule has 0 saturated carbocycles. The zero-order valence-corrected chi connectivity index (χ0v) is 10.2. The molecule has 7 nitrogen and oxygen atoms in total. The highest BCUT2D eigenvalue weighted by atomic mass is 16.6. The standard InChI is InChI=1S/C12H12N4O3/c1-8-4-10(2-3-11(8)16(17)18)19-12-14-6-9(5-13)7-15-12/h2-4,6-7H,5,13H2,1H3. The van der Waals surface area contributed by atoms with Crippen LogP contribution in [0.5, 0.6) is 11.8 Å². The first-order valence-corrected chi connectivity index (χ1v) is 5.54. The molecule has 0 radical (unpaired) electrons. The van der Waals surface area contributed by atoms with E-state index in [-0.39, 0.29) is 11.7 Å². The molecule has 2 N–H and O–H groups in total. The monoisotopic (exact) mass is 260 g/mol. The molecule has 2 aromatic rings. The molecule has 2 rings (SSSR count). The Kier molecular flexibility index (Phi) is 3.67. The first-order chi connectivity index (χ1) is 9.10. The van der Waals surface area contributed by atoms with Crippen molar-refractivity contribution in [1.29, 1.82) is 0 Å². The first kappa shape index (κ1) is 12.9. The second-order valence-electron chi connectivity index (χ2n) is 3.89. The van der Waals surface area contributed by atoms with Crippen molar-refractivity contribution in [1.82, 2.24) is 9.97 Å². The number of hydrogen-bond donors (Lipinski definition) is 1. The van der Waals surface area contributed by atoms with E-state index < -0.39 is 4.92 Å². The number of benzene rings is 1. The molecule has 1 aromatic heterocycles. The van der Waals surface area contributed by atoms with Gasteiger partial charge in [-0.1, -0.05) is 0 Å². The highest BCUT2D eigenvalue weighted by molar-refractivity contribution is 5.44. The summed E-state index contributed by atoms with van der Waals surface area (Å²) in [5, 5.41) is 10.7. The Balaban J connectivity index is 2.18. The third-order valence-corrected chi connectivity index (χ3v) is 2.49. The average Bonchev–Trinajstić information content (AvgIpc) is 2.39. The van der Waals surface area contributed by atoms with E-state index >= 15 is 0 Å². The van der Waals surface area contributed by atoms with Crippen LogP contribution in [0.2, 0.25) is 0 Å². The number of aromatic nitrogens is 2. The lowest BCUT2D eigenvalue weighted by Crippen LogP contribution is -1.99. The van der Waals surface area contributed by atoms with Gasteiger partial charge in [0.25, 0.3) is 5.69 Å². The normalized spacial score (nSPS) is 10.2. The van der Waals surface area contributed by atoms with Crippen LogP contribution in [0.1, 0.15) is 11.1 Å². The molecule has 1 aromatic carbocycles. The number of nitrogens with two attached hydrogens (primary N) is 1. The maximum atomic E-state index is 10.7. The highest BCUT2D eigenvalue weighted by Gasteiger charge is 2.11. The van der Waals surface area contributed by atoms with E-state index in [2.05, 4.69) is 9.97 Å². The molecule has 0 bridgehead atoms. The predicted molar refractivity (Wildman–Crippen MR) is 67.8 cm³/mol. The van der Waals surface area contributed by atoms with Gasteiger partial charge in [0.2, 0.25) is 0 Å². The largest absolute Gasteiger partial charge is 0.424 e. The van der Waals surface area contributed by atoms with Crippen molar-refractivity contribution in [3.63, 3.8) is 0 Å². The summed E-state index contributed by atoms with van der Waals surface area (Å²) in [5.74, 6) is 0.448. The van der Waals surface area contributed by atoms with Gasteiger partial charge >= 0.3 is 6.01 Å². The highest BCUT2D eigenvalue weighted by Crippen LogP contribution is 2.25. The van der Waals surface area contributed by atoms with E-state index in [4.69, 9.17) is 10.5 Å². The van der Waals surface area contributed by atoms with Crippen LogP contribution >= 0.6 is 0 Å². The summed E-state index contributed by atoms with van der Waals surface area (Å²) < 4.78 is 5.41. The van der Waals surface area contributed by atoms with Gasteiger partial charge in [0.05, 0.1) is 4.92 Å². The molecule has 1 heterocycles. The molecule has 0 aliphatic carbocycles.